The van der Waals surface area contributed by atoms with Gasteiger partial charge in [0.25, 0.3) is 5.91 Å². The summed E-state index contributed by atoms with van der Waals surface area (Å²) in [5.41, 5.74) is 4.34. The molecule has 6 nitrogen and oxygen atoms in total. The summed E-state index contributed by atoms with van der Waals surface area (Å²) in [4.78, 5) is 30.2. The lowest BCUT2D eigenvalue weighted by Gasteiger charge is -2.36. The average molecular weight is 513 g/mol. The second-order valence-corrected chi connectivity index (χ2v) is 11.4. The van der Waals surface area contributed by atoms with Crippen molar-refractivity contribution in [1.82, 2.24) is 14.9 Å². The van der Waals surface area contributed by atoms with E-state index in [1.165, 1.54) is 22.2 Å². The predicted molar refractivity (Wildman–Crippen MR) is 150 cm³/mol. The van der Waals surface area contributed by atoms with Crippen molar-refractivity contribution < 1.29 is 9.53 Å². The first-order valence-electron chi connectivity index (χ1n) is 13.1. The lowest BCUT2D eigenvalue weighted by atomic mass is 9.89. The number of aryl methyl sites for hydroxylation is 2. The third-order valence-electron chi connectivity index (χ3n) is 7.65. The lowest BCUT2D eigenvalue weighted by molar-refractivity contribution is 0.0746. The van der Waals surface area contributed by atoms with E-state index >= 15 is 0 Å². The van der Waals surface area contributed by atoms with E-state index in [1.807, 2.05) is 71.7 Å². The lowest BCUT2D eigenvalue weighted by Crippen LogP contribution is -2.49. The van der Waals surface area contributed by atoms with Crippen molar-refractivity contribution >= 4 is 33.3 Å². The van der Waals surface area contributed by atoms with Crippen molar-refractivity contribution in [2.24, 2.45) is 5.92 Å². The van der Waals surface area contributed by atoms with Crippen LogP contribution in [0.1, 0.15) is 39.7 Å². The molecule has 1 saturated heterocycles. The number of rotatable bonds is 4. The number of thiophene rings is 1. The van der Waals surface area contributed by atoms with Gasteiger partial charge in [-0.25, -0.2) is 9.97 Å². The van der Waals surface area contributed by atoms with E-state index in [1.54, 1.807) is 7.11 Å². The van der Waals surface area contributed by atoms with E-state index in [4.69, 9.17) is 14.7 Å². The van der Waals surface area contributed by atoms with Crippen LogP contribution in [0.2, 0.25) is 0 Å². The molecule has 1 aliphatic heterocycles. The highest BCUT2D eigenvalue weighted by Crippen LogP contribution is 2.42. The van der Waals surface area contributed by atoms with Gasteiger partial charge in [-0.2, -0.15) is 0 Å². The fourth-order valence-electron chi connectivity index (χ4n) is 5.42. The van der Waals surface area contributed by atoms with Crippen LogP contribution in [0.3, 0.4) is 0 Å². The minimum atomic E-state index is 0.105. The summed E-state index contributed by atoms with van der Waals surface area (Å²) in [7, 11) is 1.68. The number of carbonyl (C=O) groups excluding carboxylic acids is 1. The Morgan fingerprint density at radius 3 is 2.43 bits per heavy atom. The van der Waals surface area contributed by atoms with Crippen LogP contribution in [-0.2, 0) is 12.8 Å². The number of benzene rings is 2. The number of piperazine rings is 1. The van der Waals surface area contributed by atoms with E-state index < -0.39 is 0 Å². The van der Waals surface area contributed by atoms with Gasteiger partial charge >= 0.3 is 0 Å². The van der Waals surface area contributed by atoms with E-state index in [-0.39, 0.29) is 5.91 Å². The van der Waals surface area contributed by atoms with Crippen molar-refractivity contribution in [1.29, 1.82) is 0 Å². The molecule has 0 N–H and O–H groups in total. The van der Waals surface area contributed by atoms with E-state index in [9.17, 15) is 4.79 Å². The van der Waals surface area contributed by atoms with Crippen molar-refractivity contribution in [2.45, 2.75) is 33.1 Å². The van der Waals surface area contributed by atoms with Gasteiger partial charge in [-0.3, -0.25) is 4.79 Å². The molecule has 190 valence electrons. The second-order valence-electron chi connectivity index (χ2n) is 10.3. The molecule has 2 aliphatic rings. The Bertz CT molecular complexity index is 1440. The first-order valence-corrected chi connectivity index (χ1v) is 13.9. The maximum absolute atomic E-state index is 13.1. The van der Waals surface area contributed by atoms with Crippen LogP contribution in [0.5, 0.6) is 5.75 Å². The first kappa shape index (κ1) is 23.9. The number of fused-ring (bicyclic) bond motifs is 3. The molecule has 0 bridgehead atoms. The smallest absolute Gasteiger partial charge is 0.253 e. The molecule has 4 aromatic rings. The monoisotopic (exact) mass is 512 g/mol. The Kier molecular flexibility index (Phi) is 6.32. The SMILES string of the molecule is COc1ccc(-c2nc(N3CCN(C(=O)c4ccc(C)cc4)CC3)c3c4c(sc3n2)CC(C)CC4)cc1. The molecule has 2 aromatic heterocycles. The fourth-order valence-corrected chi connectivity index (χ4v) is 6.80. The minimum absolute atomic E-state index is 0.105. The standard InChI is InChI=1S/C30H32N4O2S/c1-19-4-7-22(8-5-19)30(35)34-16-14-33(15-17-34)28-26-24-13-6-20(2)18-25(24)37-29(26)32-27(31-28)21-9-11-23(36-3)12-10-21/h4-5,7-12,20H,6,13-18H2,1-3H3. The Balaban J connectivity index is 1.34. The van der Waals surface area contributed by atoms with Gasteiger partial charge < -0.3 is 14.5 Å². The number of hydrogen-bond donors (Lipinski definition) is 0. The fraction of sp³-hybridized carbons (Fsp3) is 0.367. The Hall–Kier alpha value is -3.45. The summed E-state index contributed by atoms with van der Waals surface area (Å²) >= 11 is 1.83. The van der Waals surface area contributed by atoms with Crippen LogP contribution in [-0.4, -0.2) is 54.1 Å². The van der Waals surface area contributed by atoms with Gasteiger partial charge in [0.2, 0.25) is 0 Å². The maximum Gasteiger partial charge on any atom is 0.253 e. The molecule has 6 rings (SSSR count). The minimum Gasteiger partial charge on any atom is -0.497 e. The molecule has 1 atom stereocenters. The molecule has 37 heavy (non-hydrogen) atoms. The molecular weight excluding hydrogens is 480 g/mol. The predicted octanol–water partition coefficient (Wildman–Crippen LogP) is 5.76. The molecule has 2 aromatic carbocycles. The third-order valence-corrected chi connectivity index (χ3v) is 8.80. The van der Waals surface area contributed by atoms with Crippen molar-refractivity contribution in [3.63, 3.8) is 0 Å². The van der Waals surface area contributed by atoms with Gasteiger partial charge in [-0.15, -0.1) is 11.3 Å². The van der Waals surface area contributed by atoms with E-state index in [0.717, 1.165) is 64.8 Å². The zero-order chi connectivity index (χ0) is 25.5. The molecule has 1 fully saturated rings. The summed E-state index contributed by atoms with van der Waals surface area (Å²) < 4.78 is 5.35. The average Bonchev–Trinajstić information content (AvgIpc) is 3.30. The van der Waals surface area contributed by atoms with Crippen LogP contribution in [0, 0.1) is 12.8 Å². The zero-order valence-electron chi connectivity index (χ0n) is 21.7. The van der Waals surface area contributed by atoms with Crippen LogP contribution in [0.15, 0.2) is 48.5 Å². The Morgan fingerprint density at radius 2 is 1.73 bits per heavy atom. The topological polar surface area (TPSA) is 58.6 Å². The van der Waals surface area contributed by atoms with E-state index in [0.29, 0.717) is 19.0 Å². The second kappa shape index (κ2) is 9.78. The summed E-state index contributed by atoms with van der Waals surface area (Å²) in [6.07, 6.45) is 3.41. The van der Waals surface area contributed by atoms with Gasteiger partial charge in [0.1, 0.15) is 16.4 Å². The molecule has 0 spiro atoms. The number of aromatic nitrogens is 2. The summed E-state index contributed by atoms with van der Waals surface area (Å²) in [5.74, 6) is 3.39. The molecule has 7 heteroatoms. The molecule has 0 radical (unpaired) electrons. The largest absolute Gasteiger partial charge is 0.497 e. The zero-order valence-corrected chi connectivity index (χ0v) is 22.5. The van der Waals surface area contributed by atoms with Crippen molar-refractivity contribution in [3.8, 4) is 17.1 Å². The highest BCUT2D eigenvalue weighted by molar-refractivity contribution is 7.19. The van der Waals surface area contributed by atoms with Crippen LogP contribution < -0.4 is 9.64 Å². The number of anilines is 1. The van der Waals surface area contributed by atoms with Gasteiger partial charge in [-0.1, -0.05) is 24.6 Å². The molecular formula is C30H32N4O2S. The van der Waals surface area contributed by atoms with Crippen LogP contribution in [0.4, 0.5) is 5.82 Å². The highest BCUT2D eigenvalue weighted by atomic mass is 32.1. The van der Waals surface area contributed by atoms with Gasteiger partial charge in [0.15, 0.2) is 5.82 Å². The highest BCUT2D eigenvalue weighted by Gasteiger charge is 2.29. The molecule has 1 unspecified atom stereocenters. The van der Waals surface area contributed by atoms with E-state index in [2.05, 4.69) is 11.8 Å². The first-order chi connectivity index (χ1) is 18.0. The van der Waals surface area contributed by atoms with Crippen molar-refractivity contribution in [2.75, 3.05) is 38.2 Å². The summed E-state index contributed by atoms with van der Waals surface area (Å²) in [6, 6.07) is 15.8. The molecule has 0 saturated carbocycles. The van der Waals surface area contributed by atoms with Gasteiger partial charge in [0, 0.05) is 42.2 Å². The number of carbonyl (C=O) groups is 1. The Labute approximate surface area is 221 Å². The molecule has 1 aliphatic carbocycles. The van der Waals surface area contributed by atoms with Gasteiger partial charge in [0.05, 0.1) is 12.5 Å². The van der Waals surface area contributed by atoms with Gasteiger partial charge in [-0.05, 0) is 74.1 Å². The summed E-state index contributed by atoms with van der Waals surface area (Å²) in [6.45, 7) is 7.25. The number of hydrogen-bond acceptors (Lipinski definition) is 6. The normalized spacial score (nSPS) is 17.6. The third kappa shape index (κ3) is 4.57. The number of amides is 1. The molecule has 1 amide bonds. The van der Waals surface area contributed by atoms with Crippen LogP contribution in [0.25, 0.3) is 21.6 Å². The Morgan fingerprint density at radius 1 is 1.00 bits per heavy atom. The van der Waals surface area contributed by atoms with Crippen LogP contribution >= 0.6 is 11.3 Å². The number of methoxy groups -OCH3 is 1. The number of ether oxygens (including phenoxy) is 1. The summed E-state index contributed by atoms with van der Waals surface area (Å²) in [5, 5.41) is 1.22. The molecule has 3 heterocycles. The van der Waals surface area contributed by atoms with Crippen molar-refractivity contribution in [3.05, 3.63) is 70.1 Å². The quantitative estimate of drug-likeness (QED) is 0.348. The maximum atomic E-state index is 13.1. The number of nitrogens with zero attached hydrogens (tertiary/aromatic N) is 4.